The molecule has 32 heavy (non-hydrogen) atoms. The Bertz CT molecular complexity index is 1120. The molecule has 2 aromatic heterocycles. The maximum atomic E-state index is 14.8. The average Bonchev–Trinajstić information content (AvgIpc) is 3.51. The predicted octanol–water partition coefficient (Wildman–Crippen LogP) is 4.25. The molecule has 0 radical (unpaired) electrons. The van der Waals surface area contributed by atoms with Crippen LogP contribution in [0.4, 0.5) is 4.39 Å². The number of benzene rings is 1. The second kappa shape index (κ2) is 8.16. The van der Waals surface area contributed by atoms with Gasteiger partial charge in [0.05, 0.1) is 6.04 Å². The first kappa shape index (κ1) is 20.2. The summed E-state index contributed by atoms with van der Waals surface area (Å²) >= 11 is 0. The number of piperazine rings is 1. The number of hydrogen-bond acceptors (Lipinski definition) is 4. The molecule has 2 aliphatic heterocycles. The van der Waals surface area contributed by atoms with Crippen molar-refractivity contribution in [1.29, 1.82) is 0 Å². The molecule has 1 saturated carbocycles. The molecule has 0 spiro atoms. The summed E-state index contributed by atoms with van der Waals surface area (Å²) in [5.41, 5.74) is 3.24. The lowest BCUT2D eigenvalue weighted by molar-refractivity contribution is 0.0118. The van der Waals surface area contributed by atoms with E-state index >= 15 is 0 Å². The van der Waals surface area contributed by atoms with Crippen molar-refractivity contribution in [3.8, 4) is 16.9 Å². The van der Waals surface area contributed by atoms with Crippen molar-refractivity contribution in [1.82, 2.24) is 19.2 Å². The number of aryl methyl sites for hydroxylation is 1. The monoisotopic (exact) mass is 434 g/mol. The minimum Gasteiger partial charge on any atom is -0.492 e. The molecule has 1 aromatic carbocycles. The van der Waals surface area contributed by atoms with Crippen LogP contribution in [-0.4, -0.2) is 64.1 Å². The first-order valence-electron chi connectivity index (χ1n) is 12.0. The molecule has 1 aliphatic carbocycles. The van der Waals surface area contributed by atoms with E-state index in [4.69, 9.17) is 9.72 Å². The number of rotatable bonds is 2. The largest absolute Gasteiger partial charge is 0.492 e. The van der Waals surface area contributed by atoms with Gasteiger partial charge in [-0.05, 0) is 75.4 Å². The molecule has 2 fully saturated rings. The zero-order valence-electron chi connectivity index (χ0n) is 18.7. The zero-order chi connectivity index (χ0) is 21.7. The average molecular weight is 435 g/mol. The van der Waals surface area contributed by atoms with E-state index < -0.39 is 0 Å². The van der Waals surface area contributed by atoms with Crippen molar-refractivity contribution in [2.45, 2.75) is 44.7 Å². The van der Waals surface area contributed by atoms with Gasteiger partial charge in [0, 0.05) is 54.9 Å². The Morgan fingerprint density at radius 2 is 1.97 bits per heavy atom. The minimum absolute atomic E-state index is 0.242. The highest BCUT2D eigenvalue weighted by Crippen LogP contribution is 2.33. The number of aromatic nitrogens is 2. The molecule has 4 heterocycles. The van der Waals surface area contributed by atoms with Crippen molar-refractivity contribution in [3.63, 3.8) is 0 Å². The van der Waals surface area contributed by atoms with E-state index in [1.54, 1.807) is 6.07 Å². The van der Waals surface area contributed by atoms with Gasteiger partial charge in [-0.2, -0.15) is 0 Å². The van der Waals surface area contributed by atoms with Gasteiger partial charge in [0.1, 0.15) is 23.8 Å². The molecule has 1 saturated heterocycles. The minimum atomic E-state index is -0.242. The standard InChI is InChI=1S/C26H31FN4O/c1-18-14-30-10-2-3-20-8-11-29-12-9-23(26(29)28-20)24-13-22(6-7-25(24)27)32-17-21(30)16-31(18)15-19-4-5-19/h6-9,11-13,18-19,21H,2-5,10,14-17H2,1H3. The van der Waals surface area contributed by atoms with Crippen molar-refractivity contribution in [3.05, 3.63) is 54.2 Å². The predicted molar refractivity (Wildman–Crippen MR) is 124 cm³/mol. The van der Waals surface area contributed by atoms with Crippen molar-refractivity contribution in [2.75, 3.05) is 32.8 Å². The molecule has 6 heteroatoms. The van der Waals surface area contributed by atoms with Crippen molar-refractivity contribution < 1.29 is 9.13 Å². The van der Waals surface area contributed by atoms with E-state index in [-0.39, 0.29) is 5.82 Å². The van der Waals surface area contributed by atoms with Gasteiger partial charge >= 0.3 is 0 Å². The summed E-state index contributed by atoms with van der Waals surface area (Å²) in [5, 5.41) is 0. The zero-order valence-corrected chi connectivity index (χ0v) is 18.7. The SMILES string of the molecule is CC1CN2CCCc3ccn4ccc(c4n3)-c3cc(ccc3F)OCC2CN1CC1CC1. The second-order valence-electron chi connectivity index (χ2n) is 9.83. The van der Waals surface area contributed by atoms with Gasteiger partial charge in [0.15, 0.2) is 0 Å². The van der Waals surface area contributed by atoms with Crippen molar-refractivity contribution >= 4 is 5.65 Å². The summed E-state index contributed by atoms with van der Waals surface area (Å²) in [6.07, 6.45) is 8.73. The van der Waals surface area contributed by atoms with Crippen LogP contribution in [0.3, 0.4) is 0 Å². The summed E-state index contributed by atoms with van der Waals surface area (Å²) in [7, 11) is 0. The lowest BCUT2D eigenvalue weighted by Crippen LogP contribution is -2.59. The number of fused-ring (bicyclic) bond motifs is 5. The third-order valence-electron chi connectivity index (χ3n) is 7.39. The van der Waals surface area contributed by atoms with Crippen molar-refractivity contribution in [2.24, 2.45) is 5.92 Å². The molecule has 0 amide bonds. The maximum absolute atomic E-state index is 14.8. The Balaban J connectivity index is 1.34. The van der Waals surface area contributed by atoms with E-state index in [1.165, 1.54) is 25.5 Å². The van der Waals surface area contributed by atoms with Crippen LogP contribution in [0.1, 0.15) is 31.9 Å². The number of nitrogens with zero attached hydrogens (tertiary/aromatic N) is 4. The van der Waals surface area contributed by atoms with Gasteiger partial charge in [0.2, 0.25) is 0 Å². The summed E-state index contributed by atoms with van der Waals surface area (Å²) in [6.45, 7) is 7.37. The molecular weight excluding hydrogens is 403 g/mol. The quantitative estimate of drug-likeness (QED) is 0.604. The molecule has 2 atom stereocenters. The topological polar surface area (TPSA) is 33.0 Å². The fraction of sp³-hybridized carbons (Fsp3) is 0.500. The summed E-state index contributed by atoms with van der Waals surface area (Å²) < 4.78 is 23.1. The number of halogens is 1. The van der Waals surface area contributed by atoms with Gasteiger partial charge in [-0.25, -0.2) is 9.37 Å². The van der Waals surface area contributed by atoms with Crippen LogP contribution in [0.2, 0.25) is 0 Å². The number of ether oxygens (including phenoxy) is 1. The first-order chi connectivity index (χ1) is 15.6. The Kier molecular flexibility index (Phi) is 5.15. The molecule has 2 unspecified atom stereocenters. The van der Waals surface area contributed by atoms with Crippen LogP contribution in [-0.2, 0) is 6.42 Å². The lowest BCUT2D eigenvalue weighted by atomic mass is 10.1. The van der Waals surface area contributed by atoms with Gasteiger partial charge in [-0.15, -0.1) is 0 Å². The fourth-order valence-electron chi connectivity index (χ4n) is 5.31. The molecule has 3 aliphatic rings. The summed E-state index contributed by atoms with van der Waals surface area (Å²) in [4.78, 5) is 10.2. The van der Waals surface area contributed by atoms with Gasteiger partial charge < -0.3 is 9.14 Å². The second-order valence-corrected chi connectivity index (χ2v) is 9.83. The third-order valence-corrected chi connectivity index (χ3v) is 7.39. The number of hydrogen-bond donors (Lipinski definition) is 0. The Morgan fingerprint density at radius 3 is 2.84 bits per heavy atom. The highest BCUT2D eigenvalue weighted by atomic mass is 19.1. The van der Waals surface area contributed by atoms with Gasteiger partial charge in [-0.1, -0.05) is 0 Å². The maximum Gasteiger partial charge on any atom is 0.144 e. The van der Waals surface area contributed by atoms with Crippen LogP contribution in [0.5, 0.6) is 5.75 Å². The van der Waals surface area contributed by atoms with Crippen LogP contribution >= 0.6 is 0 Å². The van der Waals surface area contributed by atoms with Crippen LogP contribution in [0.25, 0.3) is 16.8 Å². The van der Waals surface area contributed by atoms with Gasteiger partial charge in [-0.3, -0.25) is 9.80 Å². The molecule has 4 bridgehead atoms. The molecule has 5 nitrogen and oxygen atoms in total. The molecule has 0 N–H and O–H groups in total. The fourth-order valence-corrected chi connectivity index (χ4v) is 5.31. The Hall–Kier alpha value is -2.44. The Labute approximate surface area is 188 Å². The molecular formula is C26H31FN4O. The van der Waals surface area contributed by atoms with Crippen LogP contribution < -0.4 is 4.74 Å². The summed E-state index contributed by atoms with van der Waals surface area (Å²) in [5.74, 6) is 1.37. The smallest absolute Gasteiger partial charge is 0.144 e. The van der Waals surface area contributed by atoms with E-state index in [0.29, 0.717) is 24.3 Å². The highest BCUT2D eigenvalue weighted by Gasteiger charge is 2.35. The van der Waals surface area contributed by atoms with E-state index in [0.717, 1.165) is 61.0 Å². The van der Waals surface area contributed by atoms with Crippen LogP contribution in [0.15, 0.2) is 42.7 Å². The molecule has 6 rings (SSSR count). The summed E-state index contributed by atoms with van der Waals surface area (Å²) in [6, 6.07) is 10.1. The lowest BCUT2D eigenvalue weighted by Gasteiger charge is -2.45. The first-order valence-corrected chi connectivity index (χ1v) is 12.0. The highest BCUT2D eigenvalue weighted by molar-refractivity contribution is 5.79. The van der Waals surface area contributed by atoms with Crippen LogP contribution in [0, 0.1) is 11.7 Å². The third kappa shape index (κ3) is 3.90. The van der Waals surface area contributed by atoms with E-state index in [9.17, 15) is 4.39 Å². The van der Waals surface area contributed by atoms with Gasteiger partial charge in [0.25, 0.3) is 0 Å². The molecule has 3 aromatic rings. The van der Waals surface area contributed by atoms with E-state index in [1.807, 2.05) is 28.9 Å². The Morgan fingerprint density at radius 1 is 1.09 bits per heavy atom. The molecule has 168 valence electrons. The van der Waals surface area contributed by atoms with E-state index in [2.05, 4.69) is 22.8 Å². The normalized spacial score (nSPS) is 24.8.